The number of para-hydroxylation sites is 1. The van der Waals surface area contributed by atoms with Crippen molar-refractivity contribution in [2.24, 2.45) is 0 Å². The van der Waals surface area contributed by atoms with Gasteiger partial charge < -0.3 is 4.98 Å². The summed E-state index contributed by atoms with van der Waals surface area (Å²) >= 11 is 1.51. The number of H-pyrrole nitrogens is 1. The van der Waals surface area contributed by atoms with Crippen LogP contribution in [0.2, 0.25) is 0 Å². The molecule has 3 heteroatoms. The van der Waals surface area contributed by atoms with Gasteiger partial charge in [0.25, 0.3) is 0 Å². The van der Waals surface area contributed by atoms with Crippen LogP contribution in [0.25, 0.3) is 10.9 Å². The van der Waals surface area contributed by atoms with E-state index >= 15 is 0 Å². The summed E-state index contributed by atoms with van der Waals surface area (Å²) in [6, 6.07) is 14.2. The number of fused-ring (bicyclic) bond motifs is 1. The first-order valence-electron chi connectivity index (χ1n) is 6.38. The summed E-state index contributed by atoms with van der Waals surface area (Å²) in [6.07, 6.45) is 0.549. The molecule has 0 amide bonds. The molecule has 19 heavy (non-hydrogen) atoms. The molecule has 0 bridgehead atoms. The van der Waals surface area contributed by atoms with Gasteiger partial charge in [-0.1, -0.05) is 31.2 Å². The van der Waals surface area contributed by atoms with Crippen LogP contribution in [0.5, 0.6) is 0 Å². The SMILES string of the molecule is C[C@H](CC(=O)c1cccs1)c1cc2ccccc2[nH]1. The van der Waals surface area contributed by atoms with Crippen molar-refractivity contribution in [2.75, 3.05) is 0 Å². The van der Waals surface area contributed by atoms with Crippen LogP contribution in [0.1, 0.15) is 34.6 Å². The number of hydrogen-bond acceptors (Lipinski definition) is 2. The Morgan fingerprint density at radius 3 is 2.84 bits per heavy atom. The fraction of sp³-hybridized carbons (Fsp3) is 0.188. The molecule has 3 aromatic rings. The van der Waals surface area contributed by atoms with E-state index in [9.17, 15) is 4.79 Å². The van der Waals surface area contributed by atoms with Crippen molar-refractivity contribution in [3.8, 4) is 0 Å². The highest BCUT2D eigenvalue weighted by Crippen LogP contribution is 2.25. The summed E-state index contributed by atoms with van der Waals surface area (Å²) in [7, 11) is 0. The summed E-state index contributed by atoms with van der Waals surface area (Å²) in [4.78, 5) is 16.3. The third-order valence-corrected chi connectivity index (χ3v) is 4.28. The smallest absolute Gasteiger partial charge is 0.173 e. The zero-order valence-corrected chi connectivity index (χ0v) is 11.5. The average Bonchev–Trinajstić information content (AvgIpc) is 3.07. The van der Waals surface area contributed by atoms with E-state index in [0.29, 0.717) is 6.42 Å². The molecule has 0 saturated carbocycles. The topological polar surface area (TPSA) is 32.9 Å². The summed E-state index contributed by atoms with van der Waals surface area (Å²) in [5, 5.41) is 3.15. The number of hydrogen-bond donors (Lipinski definition) is 1. The highest BCUT2D eigenvalue weighted by atomic mass is 32.1. The maximum absolute atomic E-state index is 12.1. The van der Waals surface area contributed by atoms with Gasteiger partial charge in [-0.25, -0.2) is 0 Å². The zero-order valence-electron chi connectivity index (χ0n) is 10.7. The summed E-state index contributed by atoms with van der Waals surface area (Å²) in [5.74, 6) is 0.433. The molecule has 0 saturated heterocycles. The fourth-order valence-electron chi connectivity index (χ4n) is 2.29. The molecule has 0 aliphatic rings. The summed E-state index contributed by atoms with van der Waals surface area (Å²) in [6.45, 7) is 2.09. The van der Waals surface area contributed by atoms with Crippen molar-refractivity contribution in [2.45, 2.75) is 19.3 Å². The molecule has 1 atom stereocenters. The molecule has 0 aliphatic heterocycles. The number of ketones is 1. The Morgan fingerprint density at radius 2 is 2.11 bits per heavy atom. The number of thiophene rings is 1. The van der Waals surface area contributed by atoms with Crippen molar-refractivity contribution in [3.05, 3.63) is 58.4 Å². The molecule has 0 fully saturated rings. The average molecular weight is 269 g/mol. The molecule has 1 N–H and O–H groups in total. The van der Waals surface area contributed by atoms with Crippen molar-refractivity contribution >= 4 is 28.0 Å². The van der Waals surface area contributed by atoms with Crippen LogP contribution in [-0.4, -0.2) is 10.8 Å². The first-order chi connectivity index (χ1) is 9.24. The van der Waals surface area contributed by atoms with Crippen LogP contribution in [0.4, 0.5) is 0 Å². The minimum atomic E-state index is 0.210. The Bertz CT molecular complexity index is 663. The number of aromatic nitrogens is 1. The largest absolute Gasteiger partial charge is 0.358 e. The van der Waals surface area contributed by atoms with Crippen LogP contribution in [0.3, 0.4) is 0 Å². The number of Topliss-reactive ketones (excluding diaryl/α,β-unsaturated/α-hetero) is 1. The Morgan fingerprint density at radius 1 is 1.26 bits per heavy atom. The highest BCUT2D eigenvalue weighted by molar-refractivity contribution is 7.12. The van der Waals surface area contributed by atoms with E-state index in [2.05, 4.69) is 30.1 Å². The maximum Gasteiger partial charge on any atom is 0.173 e. The predicted octanol–water partition coefficient (Wildman–Crippen LogP) is 4.61. The monoisotopic (exact) mass is 269 g/mol. The van der Waals surface area contributed by atoms with Crippen LogP contribution < -0.4 is 0 Å². The molecule has 3 rings (SSSR count). The highest BCUT2D eigenvalue weighted by Gasteiger charge is 2.15. The second kappa shape index (κ2) is 5.02. The third kappa shape index (κ3) is 2.47. The maximum atomic E-state index is 12.1. The van der Waals surface area contributed by atoms with Crippen molar-refractivity contribution < 1.29 is 4.79 Å². The lowest BCUT2D eigenvalue weighted by molar-refractivity contribution is 0.0979. The molecule has 0 aliphatic carbocycles. The van der Waals surface area contributed by atoms with Gasteiger partial charge in [0.2, 0.25) is 0 Å². The summed E-state index contributed by atoms with van der Waals surface area (Å²) < 4.78 is 0. The lowest BCUT2D eigenvalue weighted by Crippen LogP contribution is -2.03. The first kappa shape index (κ1) is 12.2. The Hall–Kier alpha value is -1.87. The van der Waals surface area contributed by atoms with Crippen molar-refractivity contribution in [1.82, 2.24) is 4.98 Å². The molecule has 96 valence electrons. The number of carbonyl (C=O) groups is 1. The third-order valence-electron chi connectivity index (χ3n) is 3.37. The van der Waals surface area contributed by atoms with E-state index in [0.717, 1.165) is 16.1 Å². The van der Waals surface area contributed by atoms with E-state index in [1.807, 2.05) is 29.6 Å². The molecule has 1 aromatic carbocycles. The minimum absolute atomic E-state index is 0.210. The predicted molar refractivity (Wildman–Crippen MR) is 80.0 cm³/mol. The van der Waals surface area contributed by atoms with Crippen LogP contribution in [0, 0.1) is 0 Å². The standard InChI is InChI=1S/C16H15NOS/c1-11(9-15(18)16-7-4-8-19-16)14-10-12-5-2-3-6-13(12)17-14/h2-8,10-11,17H,9H2,1H3/t11-/m1/s1. The second-order valence-electron chi connectivity index (χ2n) is 4.82. The molecule has 0 unspecified atom stereocenters. The van der Waals surface area contributed by atoms with Gasteiger partial charge in [0, 0.05) is 23.5 Å². The lowest BCUT2D eigenvalue weighted by Gasteiger charge is -2.07. The second-order valence-corrected chi connectivity index (χ2v) is 5.77. The number of benzene rings is 1. The number of rotatable bonds is 4. The van der Waals surface area contributed by atoms with Gasteiger partial charge in [0.1, 0.15) is 0 Å². The normalized spacial score (nSPS) is 12.7. The molecule has 2 heterocycles. The van der Waals surface area contributed by atoms with E-state index < -0.39 is 0 Å². The fourth-order valence-corrected chi connectivity index (χ4v) is 2.96. The Labute approximate surface area is 116 Å². The first-order valence-corrected chi connectivity index (χ1v) is 7.26. The van der Waals surface area contributed by atoms with Gasteiger partial charge in [-0.15, -0.1) is 11.3 Å². The minimum Gasteiger partial charge on any atom is -0.358 e. The molecule has 2 nitrogen and oxygen atoms in total. The van der Waals surface area contributed by atoms with Gasteiger partial charge >= 0.3 is 0 Å². The van der Waals surface area contributed by atoms with Crippen LogP contribution in [-0.2, 0) is 0 Å². The van der Waals surface area contributed by atoms with E-state index in [4.69, 9.17) is 0 Å². The van der Waals surface area contributed by atoms with Gasteiger partial charge in [0.15, 0.2) is 5.78 Å². The molecule has 0 spiro atoms. The molecule has 0 radical (unpaired) electrons. The van der Waals surface area contributed by atoms with Gasteiger partial charge in [0.05, 0.1) is 4.88 Å². The zero-order chi connectivity index (χ0) is 13.2. The van der Waals surface area contributed by atoms with Crippen molar-refractivity contribution in [3.63, 3.8) is 0 Å². The van der Waals surface area contributed by atoms with Crippen LogP contribution >= 0.6 is 11.3 Å². The van der Waals surface area contributed by atoms with Gasteiger partial charge in [-0.2, -0.15) is 0 Å². The lowest BCUT2D eigenvalue weighted by atomic mass is 10.0. The van der Waals surface area contributed by atoms with Crippen molar-refractivity contribution in [1.29, 1.82) is 0 Å². The van der Waals surface area contributed by atoms with E-state index in [-0.39, 0.29) is 11.7 Å². The quantitative estimate of drug-likeness (QED) is 0.689. The molecule has 2 aromatic heterocycles. The summed E-state index contributed by atoms with van der Waals surface area (Å²) in [5.41, 5.74) is 2.26. The molecular weight excluding hydrogens is 254 g/mol. The van der Waals surface area contributed by atoms with Gasteiger partial charge in [-0.05, 0) is 29.0 Å². The van der Waals surface area contributed by atoms with E-state index in [1.54, 1.807) is 0 Å². The van der Waals surface area contributed by atoms with Crippen LogP contribution in [0.15, 0.2) is 47.8 Å². The molecular formula is C16H15NOS. The number of aromatic amines is 1. The Kier molecular flexibility index (Phi) is 3.22. The van der Waals surface area contributed by atoms with Gasteiger partial charge in [-0.3, -0.25) is 4.79 Å². The number of nitrogens with one attached hydrogen (secondary N) is 1. The number of carbonyl (C=O) groups excluding carboxylic acids is 1. The Balaban J connectivity index is 1.80. The van der Waals surface area contributed by atoms with E-state index in [1.165, 1.54) is 16.7 Å².